The number of carboxylic acids is 1. The van der Waals surface area contributed by atoms with Gasteiger partial charge in [0.15, 0.2) is 0 Å². The molecule has 1 unspecified atom stereocenters. The first-order chi connectivity index (χ1) is 6.95. The lowest BCUT2D eigenvalue weighted by Crippen LogP contribution is -2.18. The molecule has 82 valence electrons. The first-order valence-corrected chi connectivity index (χ1v) is 5.03. The number of aromatic hydroxyl groups is 1. The largest absolute Gasteiger partial charge is 0.508 e. The van der Waals surface area contributed by atoms with Gasteiger partial charge < -0.3 is 10.2 Å². The van der Waals surface area contributed by atoms with Gasteiger partial charge in [-0.15, -0.1) is 0 Å². The van der Waals surface area contributed by atoms with Gasteiger partial charge in [-0.3, -0.25) is 4.79 Å². The van der Waals surface area contributed by atoms with Gasteiger partial charge in [-0.25, -0.2) is 0 Å². The van der Waals surface area contributed by atoms with Crippen molar-refractivity contribution in [2.45, 2.75) is 19.8 Å². The van der Waals surface area contributed by atoms with E-state index in [0.29, 0.717) is 5.56 Å². The molecule has 0 bridgehead atoms. The second-order valence-corrected chi connectivity index (χ2v) is 4.14. The third kappa shape index (κ3) is 2.42. The Morgan fingerprint density at radius 1 is 1.40 bits per heavy atom. The molecule has 1 rings (SSSR count). The minimum Gasteiger partial charge on any atom is -0.508 e. The van der Waals surface area contributed by atoms with Crippen LogP contribution in [0.5, 0.6) is 5.75 Å². The van der Waals surface area contributed by atoms with E-state index in [-0.39, 0.29) is 16.7 Å². The Kier molecular flexibility index (Phi) is 3.58. The molecular weight excluding hydrogens is 216 g/mol. The highest BCUT2D eigenvalue weighted by Crippen LogP contribution is 2.36. The van der Waals surface area contributed by atoms with Gasteiger partial charge in [0.25, 0.3) is 0 Å². The summed E-state index contributed by atoms with van der Waals surface area (Å²) < 4.78 is 0. The van der Waals surface area contributed by atoms with E-state index in [1.165, 1.54) is 6.07 Å². The molecule has 0 radical (unpaired) electrons. The SMILES string of the molecule is CC(C)C(C(=O)O)c1c(O)cccc1Cl. The molecule has 2 N–H and O–H groups in total. The Hall–Kier alpha value is -1.22. The number of hydrogen-bond donors (Lipinski definition) is 2. The molecule has 0 aliphatic rings. The molecule has 0 spiro atoms. The van der Waals surface area contributed by atoms with Crippen LogP contribution in [0.4, 0.5) is 0 Å². The standard InChI is InChI=1S/C11H13ClO3/c1-6(2)9(11(14)15)10-7(12)4-3-5-8(10)13/h3-6,9,13H,1-2H3,(H,14,15). The van der Waals surface area contributed by atoms with E-state index < -0.39 is 11.9 Å². The second-order valence-electron chi connectivity index (χ2n) is 3.73. The summed E-state index contributed by atoms with van der Waals surface area (Å²) in [6, 6.07) is 4.61. The summed E-state index contributed by atoms with van der Waals surface area (Å²) in [7, 11) is 0. The van der Waals surface area contributed by atoms with Crippen LogP contribution in [-0.2, 0) is 4.79 Å². The number of phenolic OH excluding ortho intramolecular Hbond substituents is 1. The van der Waals surface area contributed by atoms with Crippen LogP contribution in [0.25, 0.3) is 0 Å². The first-order valence-electron chi connectivity index (χ1n) is 4.65. The van der Waals surface area contributed by atoms with E-state index in [9.17, 15) is 9.90 Å². The molecule has 0 saturated carbocycles. The molecule has 3 nitrogen and oxygen atoms in total. The van der Waals surface area contributed by atoms with Crippen LogP contribution in [0.3, 0.4) is 0 Å². The van der Waals surface area contributed by atoms with Crippen molar-refractivity contribution in [3.63, 3.8) is 0 Å². The molecule has 0 saturated heterocycles. The fraction of sp³-hybridized carbons (Fsp3) is 0.364. The van der Waals surface area contributed by atoms with E-state index in [1.807, 2.05) is 0 Å². The van der Waals surface area contributed by atoms with Crippen molar-refractivity contribution in [3.05, 3.63) is 28.8 Å². The zero-order valence-corrected chi connectivity index (χ0v) is 9.32. The van der Waals surface area contributed by atoms with E-state index in [2.05, 4.69) is 0 Å². The van der Waals surface area contributed by atoms with Crippen molar-refractivity contribution in [2.24, 2.45) is 5.92 Å². The molecular formula is C11H13ClO3. The fourth-order valence-corrected chi connectivity index (χ4v) is 1.86. The fourth-order valence-electron chi connectivity index (χ4n) is 1.58. The van der Waals surface area contributed by atoms with Crippen molar-refractivity contribution >= 4 is 17.6 Å². The third-order valence-corrected chi connectivity index (χ3v) is 2.60. The summed E-state index contributed by atoms with van der Waals surface area (Å²) >= 11 is 5.89. The minimum atomic E-state index is -0.978. The molecule has 0 amide bonds. The average Bonchev–Trinajstić information content (AvgIpc) is 2.09. The van der Waals surface area contributed by atoms with Crippen molar-refractivity contribution < 1.29 is 15.0 Å². The maximum Gasteiger partial charge on any atom is 0.311 e. The van der Waals surface area contributed by atoms with Gasteiger partial charge in [-0.1, -0.05) is 31.5 Å². The van der Waals surface area contributed by atoms with E-state index in [0.717, 1.165) is 0 Å². The summed E-state index contributed by atoms with van der Waals surface area (Å²) in [4.78, 5) is 11.1. The van der Waals surface area contributed by atoms with Crippen molar-refractivity contribution in [1.29, 1.82) is 0 Å². The summed E-state index contributed by atoms with van der Waals surface area (Å²) in [5.74, 6) is -1.95. The number of rotatable bonds is 3. The topological polar surface area (TPSA) is 57.5 Å². The Morgan fingerprint density at radius 2 is 2.00 bits per heavy atom. The lowest BCUT2D eigenvalue weighted by atomic mass is 9.88. The van der Waals surface area contributed by atoms with E-state index in [1.54, 1.807) is 26.0 Å². The van der Waals surface area contributed by atoms with Gasteiger partial charge in [-0.05, 0) is 18.1 Å². The monoisotopic (exact) mass is 228 g/mol. The van der Waals surface area contributed by atoms with Crippen molar-refractivity contribution in [1.82, 2.24) is 0 Å². The lowest BCUT2D eigenvalue weighted by Gasteiger charge is -2.18. The zero-order valence-electron chi connectivity index (χ0n) is 8.57. The molecule has 1 aromatic rings. The number of carbonyl (C=O) groups is 1. The highest BCUT2D eigenvalue weighted by Gasteiger charge is 2.28. The zero-order chi connectivity index (χ0) is 11.6. The highest BCUT2D eigenvalue weighted by atomic mass is 35.5. The molecule has 1 aromatic carbocycles. The molecule has 0 aromatic heterocycles. The third-order valence-electron chi connectivity index (χ3n) is 2.27. The maximum atomic E-state index is 11.1. The number of hydrogen-bond acceptors (Lipinski definition) is 2. The molecule has 0 fully saturated rings. The number of aliphatic carboxylic acids is 1. The number of benzene rings is 1. The molecule has 1 atom stereocenters. The summed E-state index contributed by atoms with van der Waals surface area (Å²) in [6.07, 6.45) is 0. The number of phenols is 1. The van der Waals surface area contributed by atoms with Crippen LogP contribution in [0.15, 0.2) is 18.2 Å². The van der Waals surface area contributed by atoms with E-state index >= 15 is 0 Å². The average molecular weight is 229 g/mol. The van der Waals surface area contributed by atoms with Crippen LogP contribution < -0.4 is 0 Å². The minimum absolute atomic E-state index is 0.0661. The molecule has 0 aliphatic carbocycles. The summed E-state index contributed by atoms with van der Waals surface area (Å²) in [5, 5.41) is 19.0. The Balaban J connectivity index is 3.28. The molecule has 4 heteroatoms. The quantitative estimate of drug-likeness (QED) is 0.837. The molecule has 0 aliphatic heterocycles. The van der Waals surface area contributed by atoms with Crippen LogP contribution in [-0.4, -0.2) is 16.2 Å². The van der Waals surface area contributed by atoms with Gasteiger partial charge >= 0.3 is 5.97 Å². The van der Waals surface area contributed by atoms with Crippen LogP contribution in [0.2, 0.25) is 5.02 Å². The van der Waals surface area contributed by atoms with Gasteiger partial charge in [0.2, 0.25) is 0 Å². The van der Waals surface area contributed by atoms with Crippen LogP contribution >= 0.6 is 11.6 Å². The Morgan fingerprint density at radius 3 is 2.40 bits per heavy atom. The molecule has 15 heavy (non-hydrogen) atoms. The normalized spacial score (nSPS) is 12.8. The van der Waals surface area contributed by atoms with Crippen LogP contribution in [0, 0.1) is 5.92 Å². The van der Waals surface area contributed by atoms with Gasteiger partial charge in [0.05, 0.1) is 5.92 Å². The van der Waals surface area contributed by atoms with Gasteiger partial charge in [-0.2, -0.15) is 0 Å². The summed E-state index contributed by atoms with van der Waals surface area (Å²) in [6.45, 7) is 3.56. The van der Waals surface area contributed by atoms with Crippen LogP contribution in [0.1, 0.15) is 25.3 Å². The second kappa shape index (κ2) is 4.53. The molecule has 0 heterocycles. The Labute approximate surface area is 93.3 Å². The van der Waals surface area contributed by atoms with Gasteiger partial charge in [0.1, 0.15) is 5.75 Å². The lowest BCUT2D eigenvalue weighted by molar-refractivity contribution is -0.139. The predicted octanol–water partition coefficient (Wildman–Crippen LogP) is 2.87. The van der Waals surface area contributed by atoms with Gasteiger partial charge in [0, 0.05) is 10.6 Å². The van der Waals surface area contributed by atoms with Crippen molar-refractivity contribution in [2.75, 3.05) is 0 Å². The number of carboxylic acid groups (broad SMARTS) is 1. The smallest absolute Gasteiger partial charge is 0.311 e. The number of halogens is 1. The summed E-state index contributed by atoms with van der Waals surface area (Å²) in [5.41, 5.74) is 0.293. The predicted molar refractivity (Wildman–Crippen MR) is 58.3 cm³/mol. The van der Waals surface area contributed by atoms with E-state index in [4.69, 9.17) is 16.7 Å². The van der Waals surface area contributed by atoms with Crippen molar-refractivity contribution in [3.8, 4) is 5.75 Å². The maximum absolute atomic E-state index is 11.1. The highest BCUT2D eigenvalue weighted by molar-refractivity contribution is 6.31. The Bertz CT molecular complexity index is 354. The first kappa shape index (κ1) is 11.9.